The van der Waals surface area contributed by atoms with Gasteiger partial charge in [-0.1, -0.05) is 13.8 Å². The Bertz CT molecular complexity index is 722. The van der Waals surface area contributed by atoms with E-state index in [0.717, 1.165) is 31.4 Å². The number of aromatic amines is 1. The third-order valence-corrected chi connectivity index (χ3v) is 5.84. The topological polar surface area (TPSA) is 60.9 Å². The Labute approximate surface area is 156 Å². The third-order valence-electron chi connectivity index (χ3n) is 5.84. The van der Waals surface area contributed by atoms with Crippen LogP contribution >= 0.6 is 0 Å². The van der Waals surface area contributed by atoms with Crippen molar-refractivity contribution in [3.63, 3.8) is 0 Å². The number of rotatable bonds is 5. The maximum absolute atomic E-state index is 4.54. The summed E-state index contributed by atoms with van der Waals surface area (Å²) < 4.78 is 0. The number of aromatic nitrogens is 4. The van der Waals surface area contributed by atoms with Crippen LogP contribution in [0.15, 0.2) is 18.7 Å². The van der Waals surface area contributed by atoms with Crippen molar-refractivity contribution in [2.75, 3.05) is 19.6 Å². The summed E-state index contributed by atoms with van der Waals surface area (Å²) in [6, 6.07) is 0.623. The van der Waals surface area contributed by atoms with Gasteiger partial charge in [0.15, 0.2) is 0 Å². The number of nitrogens with one attached hydrogen (secondary N) is 1. The van der Waals surface area contributed by atoms with Gasteiger partial charge in [-0.25, -0.2) is 15.0 Å². The SMILES string of the molecule is Cc1[nH]cnc1CN1C[C@H]2CC[C@@H](C1)N(Cc1cnc(C(C)C)nc1)C2. The van der Waals surface area contributed by atoms with E-state index in [9.17, 15) is 0 Å². The number of aryl methyl sites for hydroxylation is 1. The molecule has 0 aliphatic carbocycles. The first kappa shape index (κ1) is 17.6. The Morgan fingerprint density at radius 2 is 1.88 bits per heavy atom. The average molecular weight is 355 g/mol. The summed E-state index contributed by atoms with van der Waals surface area (Å²) in [4.78, 5) is 22.0. The lowest BCUT2D eigenvalue weighted by atomic mass is 9.95. The lowest BCUT2D eigenvalue weighted by Crippen LogP contribution is -2.43. The van der Waals surface area contributed by atoms with Crippen molar-refractivity contribution in [3.05, 3.63) is 41.5 Å². The number of fused-ring (bicyclic) bond motifs is 4. The van der Waals surface area contributed by atoms with Crippen molar-refractivity contribution < 1.29 is 0 Å². The van der Waals surface area contributed by atoms with Crippen LogP contribution in [0.3, 0.4) is 0 Å². The lowest BCUT2D eigenvalue weighted by molar-refractivity contribution is 0.122. The normalized spacial score (nSPS) is 24.3. The highest BCUT2D eigenvalue weighted by atomic mass is 15.3. The Morgan fingerprint density at radius 1 is 1.08 bits per heavy atom. The number of hydrogen-bond acceptors (Lipinski definition) is 5. The van der Waals surface area contributed by atoms with E-state index in [1.54, 1.807) is 0 Å². The molecule has 6 heteroatoms. The van der Waals surface area contributed by atoms with Crippen molar-refractivity contribution in [1.82, 2.24) is 29.7 Å². The molecule has 0 saturated carbocycles. The van der Waals surface area contributed by atoms with Gasteiger partial charge in [0.05, 0.1) is 12.0 Å². The minimum absolute atomic E-state index is 0.386. The molecule has 0 aromatic carbocycles. The van der Waals surface area contributed by atoms with Gasteiger partial charge in [0.2, 0.25) is 0 Å². The summed E-state index contributed by atoms with van der Waals surface area (Å²) in [7, 11) is 0. The smallest absolute Gasteiger partial charge is 0.130 e. The maximum atomic E-state index is 4.54. The quantitative estimate of drug-likeness (QED) is 0.895. The van der Waals surface area contributed by atoms with Gasteiger partial charge in [0.1, 0.15) is 5.82 Å². The van der Waals surface area contributed by atoms with Gasteiger partial charge in [-0.05, 0) is 25.7 Å². The molecule has 0 spiro atoms. The van der Waals surface area contributed by atoms with Gasteiger partial charge >= 0.3 is 0 Å². The number of imidazole rings is 1. The van der Waals surface area contributed by atoms with Crippen LogP contribution in [0, 0.1) is 12.8 Å². The molecule has 2 aromatic rings. The number of nitrogens with zero attached hydrogens (tertiary/aromatic N) is 5. The second-order valence-electron chi connectivity index (χ2n) is 8.30. The molecule has 2 bridgehead atoms. The third kappa shape index (κ3) is 3.81. The molecule has 0 amide bonds. The van der Waals surface area contributed by atoms with Crippen LogP contribution in [0.2, 0.25) is 0 Å². The van der Waals surface area contributed by atoms with Crippen LogP contribution in [0.4, 0.5) is 0 Å². The van der Waals surface area contributed by atoms with Crippen LogP contribution in [0.1, 0.15) is 55.4 Å². The first-order valence-electron chi connectivity index (χ1n) is 9.84. The highest BCUT2D eigenvalue weighted by Gasteiger charge is 2.35. The van der Waals surface area contributed by atoms with Gasteiger partial charge in [-0.15, -0.1) is 0 Å². The van der Waals surface area contributed by atoms with E-state index >= 15 is 0 Å². The molecule has 6 nitrogen and oxygen atoms in total. The molecule has 2 atom stereocenters. The second kappa shape index (κ2) is 7.45. The van der Waals surface area contributed by atoms with E-state index < -0.39 is 0 Å². The number of piperidine rings is 1. The molecule has 2 aromatic heterocycles. The maximum Gasteiger partial charge on any atom is 0.130 e. The predicted octanol–water partition coefficient (Wildman–Crippen LogP) is 2.73. The summed E-state index contributed by atoms with van der Waals surface area (Å²) in [6.45, 7) is 11.8. The highest BCUT2D eigenvalue weighted by molar-refractivity contribution is 5.10. The Kier molecular flexibility index (Phi) is 5.05. The second-order valence-corrected chi connectivity index (χ2v) is 8.30. The summed E-state index contributed by atoms with van der Waals surface area (Å²) in [5.74, 6) is 2.08. The van der Waals surface area contributed by atoms with Crippen LogP contribution in [0.5, 0.6) is 0 Å². The highest BCUT2D eigenvalue weighted by Crippen LogP contribution is 2.30. The molecule has 3 fully saturated rings. The predicted molar refractivity (Wildman–Crippen MR) is 102 cm³/mol. The zero-order chi connectivity index (χ0) is 18.1. The number of hydrogen-bond donors (Lipinski definition) is 1. The fourth-order valence-corrected chi connectivity index (χ4v) is 4.34. The Morgan fingerprint density at radius 3 is 2.58 bits per heavy atom. The fourth-order valence-electron chi connectivity index (χ4n) is 4.34. The summed E-state index contributed by atoms with van der Waals surface area (Å²) in [5.41, 5.74) is 3.62. The van der Waals surface area contributed by atoms with Crippen molar-refractivity contribution in [3.8, 4) is 0 Å². The molecule has 3 aliphatic rings. The lowest BCUT2D eigenvalue weighted by Gasteiger charge is -2.36. The van der Waals surface area contributed by atoms with E-state index in [1.807, 2.05) is 18.7 Å². The molecule has 1 N–H and O–H groups in total. The first-order valence-corrected chi connectivity index (χ1v) is 9.84. The van der Waals surface area contributed by atoms with Gasteiger partial charge < -0.3 is 4.98 Å². The summed E-state index contributed by atoms with van der Waals surface area (Å²) in [6.07, 6.45) is 8.49. The molecule has 140 valence electrons. The van der Waals surface area contributed by atoms with E-state index in [1.165, 1.54) is 42.9 Å². The van der Waals surface area contributed by atoms with Crippen molar-refractivity contribution in [1.29, 1.82) is 0 Å². The molecule has 0 radical (unpaired) electrons. The van der Waals surface area contributed by atoms with E-state index in [0.29, 0.717) is 12.0 Å². The Balaban J connectivity index is 1.42. The zero-order valence-corrected chi connectivity index (χ0v) is 16.1. The van der Waals surface area contributed by atoms with Crippen LogP contribution in [-0.2, 0) is 13.1 Å². The Hall–Kier alpha value is -1.79. The van der Waals surface area contributed by atoms with Crippen molar-refractivity contribution >= 4 is 0 Å². The van der Waals surface area contributed by atoms with Gasteiger partial charge in [-0.3, -0.25) is 9.80 Å². The molecule has 3 aliphatic heterocycles. The minimum Gasteiger partial charge on any atom is -0.348 e. The van der Waals surface area contributed by atoms with Crippen LogP contribution < -0.4 is 0 Å². The largest absolute Gasteiger partial charge is 0.348 e. The van der Waals surface area contributed by atoms with E-state index in [2.05, 4.69) is 50.5 Å². The molecule has 5 rings (SSSR count). The van der Waals surface area contributed by atoms with Crippen molar-refractivity contribution in [2.24, 2.45) is 5.92 Å². The molecule has 5 heterocycles. The molecular formula is C20H30N6. The molecule has 0 unspecified atom stereocenters. The summed E-state index contributed by atoms with van der Waals surface area (Å²) >= 11 is 0. The number of H-pyrrole nitrogens is 1. The monoisotopic (exact) mass is 354 g/mol. The van der Waals surface area contributed by atoms with Gasteiger partial charge in [0, 0.05) is 68.3 Å². The van der Waals surface area contributed by atoms with Crippen LogP contribution in [-0.4, -0.2) is 55.4 Å². The van der Waals surface area contributed by atoms with Crippen LogP contribution in [0.25, 0.3) is 0 Å². The van der Waals surface area contributed by atoms with E-state index in [-0.39, 0.29) is 0 Å². The van der Waals surface area contributed by atoms with Crippen molar-refractivity contribution in [2.45, 2.75) is 58.7 Å². The fraction of sp³-hybridized carbons (Fsp3) is 0.650. The average Bonchev–Trinajstić information content (AvgIpc) is 2.84. The first-order chi connectivity index (χ1) is 12.6. The van der Waals surface area contributed by atoms with Gasteiger partial charge in [0.25, 0.3) is 0 Å². The minimum atomic E-state index is 0.386. The molecule has 3 saturated heterocycles. The molecule has 26 heavy (non-hydrogen) atoms. The standard InChI is InChI=1S/C20H30N6/c1-14(2)20-21-6-17(7-22-20)10-26-9-16-4-5-18(26)11-25(8-16)12-19-15(3)23-13-24-19/h6-7,13-14,16,18H,4-5,8-12H2,1-3H3,(H,23,24)/t16-,18+/m1/s1. The summed E-state index contributed by atoms with van der Waals surface area (Å²) in [5, 5.41) is 0. The zero-order valence-electron chi connectivity index (χ0n) is 16.1. The van der Waals surface area contributed by atoms with Gasteiger partial charge in [-0.2, -0.15) is 0 Å². The van der Waals surface area contributed by atoms with E-state index in [4.69, 9.17) is 0 Å². The molecular weight excluding hydrogens is 324 g/mol.